The summed E-state index contributed by atoms with van der Waals surface area (Å²) < 4.78 is 0. The van der Waals surface area contributed by atoms with Gasteiger partial charge in [0, 0.05) is 18.2 Å². The Morgan fingerprint density at radius 1 is 1.54 bits per heavy atom. The van der Waals surface area contributed by atoms with Crippen molar-refractivity contribution < 1.29 is 15.0 Å². The van der Waals surface area contributed by atoms with Crippen LogP contribution in [0.25, 0.3) is 0 Å². The van der Waals surface area contributed by atoms with Gasteiger partial charge in [-0.3, -0.25) is 4.79 Å². The molecule has 0 rings (SSSR count). The van der Waals surface area contributed by atoms with Crippen LogP contribution in [0.5, 0.6) is 0 Å². The lowest BCUT2D eigenvalue weighted by Gasteiger charge is -2.29. The highest BCUT2D eigenvalue weighted by Gasteiger charge is 2.20. The van der Waals surface area contributed by atoms with Gasteiger partial charge in [0.2, 0.25) is 0 Å². The summed E-state index contributed by atoms with van der Waals surface area (Å²) in [6.45, 7) is 5.83. The maximum Gasteiger partial charge on any atom is 0.304 e. The molecule has 0 heterocycles. The summed E-state index contributed by atoms with van der Waals surface area (Å²) in [5.74, 6) is -0.806. The van der Waals surface area contributed by atoms with Crippen molar-refractivity contribution in [3.05, 3.63) is 0 Å². The Kier molecular flexibility index (Phi) is 4.95. The molecule has 0 saturated carbocycles. The number of carboxylic acid groups (broad SMARTS) is 1. The second kappa shape index (κ2) is 5.19. The van der Waals surface area contributed by atoms with Crippen LogP contribution in [-0.2, 0) is 4.79 Å². The predicted molar refractivity (Wildman–Crippen MR) is 50.6 cm³/mol. The molecule has 1 atom stereocenters. The first-order valence-electron chi connectivity index (χ1n) is 4.48. The van der Waals surface area contributed by atoms with Gasteiger partial charge in [-0.2, -0.15) is 0 Å². The first-order chi connectivity index (χ1) is 5.87. The standard InChI is InChI=1S/C9H19NO3/c1-7(6-8(12)13)10-9(2,3)4-5-11/h7,10-11H,4-6H2,1-3H3,(H,12,13). The summed E-state index contributed by atoms with van der Waals surface area (Å²) in [6, 6.07) is -0.0703. The van der Waals surface area contributed by atoms with Gasteiger partial charge >= 0.3 is 5.97 Å². The fourth-order valence-corrected chi connectivity index (χ4v) is 1.33. The number of carboxylic acids is 1. The second-order valence-corrected chi connectivity index (χ2v) is 4.00. The Balaban J connectivity index is 3.88. The third-order valence-corrected chi connectivity index (χ3v) is 1.85. The number of aliphatic hydroxyl groups is 1. The van der Waals surface area contributed by atoms with Crippen molar-refractivity contribution in [1.82, 2.24) is 5.32 Å². The average molecular weight is 189 g/mol. The number of rotatable bonds is 6. The van der Waals surface area contributed by atoms with Gasteiger partial charge in [-0.15, -0.1) is 0 Å². The van der Waals surface area contributed by atoms with E-state index < -0.39 is 5.97 Å². The zero-order valence-corrected chi connectivity index (χ0v) is 8.50. The lowest BCUT2D eigenvalue weighted by molar-refractivity contribution is -0.137. The minimum atomic E-state index is -0.806. The smallest absolute Gasteiger partial charge is 0.304 e. The van der Waals surface area contributed by atoms with Gasteiger partial charge in [-0.05, 0) is 27.2 Å². The summed E-state index contributed by atoms with van der Waals surface area (Å²) in [5.41, 5.74) is -0.205. The van der Waals surface area contributed by atoms with E-state index in [0.717, 1.165) is 0 Å². The monoisotopic (exact) mass is 189 g/mol. The molecule has 13 heavy (non-hydrogen) atoms. The SMILES string of the molecule is CC(CC(=O)O)NC(C)(C)CCO. The van der Waals surface area contributed by atoms with Crippen LogP contribution in [0, 0.1) is 0 Å². The van der Waals surface area contributed by atoms with Crippen LogP contribution < -0.4 is 5.32 Å². The number of hydrogen-bond donors (Lipinski definition) is 3. The molecule has 0 fully saturated rings. The van der Waals surface area contributed by atoms with E-state index in [9.17, 15) is 4.79 Å². The Morgan fingerprint density at radius 3 is 2.46 bits per heavy atom. The lowest BCUT2D eigenvalue weighted by Crippen LogP contribution is -2.46. The Hall–Kier alpha value is -0.610. The summed E-state index contributed by atoms with van der Waals surface area (Å²) in [5, 5.41) is 20.4. The largest absolute Gasteiger partial charge is 0.481 e. The maximum absolute atomic E-state index is 10.4. The van der Waals surface area contributed by atoms with Gasteiger partial charge in [-0.1, -0.05) is 0 Å². The fraction of sp³-hybridized carbons (Fsp3) is 0.889. The zero-order chi connectivity index (χ0) is 10.5. The van der Waals surface area contributed by atoms with E-state index in [0.29, 0.717) is 6.42 Å². The molecule has 0 bridgehead atoms. The van der Waals surface area contributed by atoms with E-state index in [4.69, 9.17) is 10.2 Å². The van der Waals surface area contributed by atoms with E-state index in [1.54, 1.807) is 0 Å². The van der Waals surface area contributed by atoms with Crippen molar-refractivity contribution in [2.24, 2.45) is 0 Å². The molecule has 4 nitrogen and oxygen atoms in total. The molecule has 0 saturated heterocycles. The summed E-state index contributed by atoms with van der Waals surface area (Å²) in [4.78, 5) is 10.4. The van der Waals surface area contributed by atoms with E-state index >= 15 is 0 Å². The molecule has 78 valence electrons. The predicted octanol–water partition coefficient (Wildman–Crippen LogP) is 0.600. The highest BCUT2D eigenvalue weighted by molar-refractivity contribution is 5.67. The van der Waals surface area contributed by atoms with Crippen LogP contribution in [0.1, 0.15) is 33.6 Å². The molecule has 0 aliphatic heterocycles. The third-order valence-electron chi connectivity index (χ3n) is 1.85. The molecule has 0 aromatic heterocycles. The van der Waals surface area contributed by atoms with E-state index in [-0.39, 0.29) is 24.6 Å². The molecule has 1 unspecified atom stereocenters. The summed E-state index contributed by atoms with van der Waals surface area (Å²) >= 11 is 0. The van der Waals surface area contributed by atoms with Gasteiger partial charge in [0.05, 0.1) is 6.42 Å². The zero-order valence-electron chi connectivity index (χ0n) is 8.50. The molecule has 0 amide bonds. The molecule has 0 aliphatic carbocycles. The minimum Gasteiger partial charge on any atom is -0.481 e. The van der Waals surface area contributed by atoms with Gasteiger partial charge < -0.3 is 15.5 Å². The molecule has 0 spiro atoms. The number of carbonyl (C=O) groups is 1. The van der Waals surface area contributed by atoms with Crippen molar-refractivity contribution in [3.8, 4) is 0 Å². The van der Waals surface area contributed by atoms with E-state index in [1.165, 1.54) is 0 Å². The highest BCUT2D eigenvalue weighted by Crippen LogP contribution is 2.09. The molecular formula is C9H19NO3. The summed E-state index contributed by atoms with van der Waals surface area (Å²) in [6.07, 6.45) is 0.728. The Morgan fingerprint density at radius 2 is 2.08 bits per heavy atom. The molecule has 0 aromatic rings. The first kappa shape index (κ1) is 12.4. The highest BCUT2D eigenvalue weighted by atomic mass is 16.4. The molecule has 0 aliphatic rings. The van der Waals surface area contributed by atoms with Crippen LogP contribution in [-0.4, -0.2) is 34.4 Å². The first-order valence-corrected chi connectivity index (χ1v) is 4.48. The maximum atomic E-state index is 10.4. The molecule has 3 N–H and O–H groups in total. The van der Waals surface area contributed by atoms with Gasteiger partial charge in [0.15, 0.2) is 0 Å². The van der Waals surface area contributed by atoms with Gasteiger partial charge in [0.25, 0.3) is 0 Å². The number of aliphatic hydroxyl groups excluding tert-OH is 1. The quantitative estimate of drug-likeness (QED) is 0.572. The lowest BCUT2D eigenvalue weighted by atomic mass is 9.99. The second-order valence-electron chi connectivity index (χ2n) is 4.00. The van der Waals surface area contributed by atoms with Crippen LogP contribution in [0.15, 0.2) is 0 Å². The van der Waals surface area contributed by atoms with Crippen molar-refractivity contribution in [3.63, 3.8) is 0 Å². The molecule has 4 heteroatoms. The number of aliphatic carboxylic acids is 1. The van der Waals surface area contributed by atoms with E-state index in [1.807, 2.05) is 20.8 Å². The van der Waals surface area contributed by atoms with Crippen molar-refractivity contribution in [2.45, 2.75) is 45.2 Å². The number of hydrogen-bond acceptors (Lipinski definition) is 3. The van der Waals surface area contributed by atoms with Crippen molar-refractivity contribution >= 4 is 5.97 Å². The van der Waals surface area contributed by atoms with Crippen LogP contribution >= 0.6 is 0 Å². The molecule has 0 aromatic carbocycles. The van der Waals surface area contributed by atoms with Crippen LogP contribution in [0.4, 0.5) is 0 Å². The van der Waals surface area contributed by atoms with E-state index in [2.05, 4.69) is 5.32 Å². The third kappa shape index (κ3) is 6.54. The van der Waals surface area contributed by atoms with Crippen molar-refractivity contribution in [2.75, 3.05) is 6.61 Å². The molecule has 0 radical (unpaired) electrons. The minimum absolute atomic E-state index is 0.0703. The van der Waals surface area contributed by atoms with Crippen molar-refractivity contribution in [1.29, 1.82) is 0 Å². The normalized spacial score (nSPS) is 14.2. The topological polar surface area (TPSA) is 69.6 Å². The average Bonchev–Trinajstić information content (AvgIpc) is 1.81. The fourth-order valence-electron chi connectivity index (χ4n) is 1.33. The van der Waals surface area contributed by atoms with Crippen LogP contribution in [0.3, 0.4) is 0 Å². The van der Waals surface area contributed by atoms with Crippen LogP contribution in [0.2, 0.25) is 0 Å². The Labute approximate surface area is 79.0 Å². The number of nitrogens with one attached hydrogen (secondary N) is 1. The Bertz CT molecular complexity index is 168. The van der Waals surface area contributed by atoms with Gasteiger partial charge in [0.1, 0.15) is 0 Å². The van der Waals surface area contributed by atoms with Gasteiger partial charge in [-0.25, -0.2) is 0 Å². The molecular weight excluding hydrogens is 170 g/mol. The summed E-state index contributed by atoms with van der Waals surface area (Å²) in [7, 11) is 0.